The lowest BCUT2D eigenvalue weighted by atomic mass is 9.85. The third-order valence-electron chi connectivity index (χ3n) is 6.21. The van der Waals surface area contributed by atoms with Crippen molar-refractivity contribution in [3.8, 4) is 0 Å². The first-order valence-electron chi connectivity index (χ1n) is 10.2. The zero-order chi connectivity index (χ0) is 22.4. The number of nitrogens with zero attached hydrogens (tertiary/aromatic N) is 1. The summed E-state index contributed by atoms with van der Waals surface area (Å²) in [6, 6.07) is 3.50. The summed E-state index contributed by atoms with van der Waals surface area (Å²) in [6.45, 7) is 2.90. The molecule has 164 valence electrons. The molecule has 9 heteroatoms. The van der Waals surface area contributed by atoms with E-state index in [4.69, 9.17) is 27.9 Å². The average Bonchev–Trinajstić information content (AvgIpc) is 3.38. The molecule has 1 aromatic carbocycles. The third kappa shape index (κ3) is 3.85. The van der Waals surface area contributed by atoms with Gasteiger partial charge in [0.15, 0.2) is 6.61 Å². The van der Waals surface area contributed by atoms with Crippen molar-refractivity contribution in [3.63, 3.8) is 0 Å². The van der Waals surface area contributed by atoms with Gasteiger partial charge in [-0.1, -0.05) is 49.2 Å². The number of allylic oxidation sites excluding steroid dienone is 2. The van der Waals surface area contributed by atoms with Gasteiger partial charge in [-0.05, 0) is 42.4 Å². The van der Waals surface area contributed by atoms with Gasteiger partial charge in [0.2, 0.25) is 11.8 Å². The molecule has 1 N–H and O–H groups in total. The number of nitrogens with one attached hydrogen (secondary N) is 1. The van der Waals surface area contributed by atoms with Gasteiger partial charge in [-0.2, -0.15) is 0 Å². The second-order valence-corrected chi connectivity index (χ2v) is 9.36. The summed E-state index contributed by atoms with van der Waals surface area (Å²) in [5, 5.41) is 3.20. The minimum Gasteiger partial charge on any atom is -0.454 e. The van der Waals surface area contributed by atoms with Gasteiger partial charge >= 0.3 is 5.97 Å². The van der Waals surface area contributed by atoms with Crippen molar-refractivity contribution in [2.45, 2.75) is 26.3 Å². The molecular formula is C22H22Cl2N2O5. The molecule has 1 saturated heterocycles. The van der Waals surface area contributed by atoms with Crippen LogP contribution in [0.5, 0.6) is 0 Å². The molecule has 5 atom stereocenters. The number of carbonyl (C=O) groups excluding carboxylic acids is 4. The fourth-order valence-corrected chi connectivity index (χ4v) is 5.33. The molecule has 0 radical (unpaired) electrons. The van der Waals surface area contributed by atoms with Gasteiger partial charge in [0.05, 0.1) is 22.5 Å². The first-order chi connectivity index (χ1) is 14.7. The van der Waals surface area contributed by atoms with Crippen molar-refractivity contribution in [3.05, 3.63) is 40.4 Å². The zero-order valence-electron chi connectivity index (χ0n) is 17.0. The molecule has 3 amide bonds. The van der Waals surface area contributed by atoms with Crippen LogP contribution >= 0.6 is 23.2 Å². The monoisotopic (exact) mass is 464 g/mol. The number of benzene rings is 1. The highest BCUT2D eigenvalue weighted by Crippen LogP contribution is 2.53. The standard InChI is InChI=1S/C22H22Cl2N2O5/c1-10(2)19(26-20(28)17-11-3-4-12(7-11)18(17)21(26)29)22(30)31-9-16(27)25-15-6-5-13(23)8-14(15)24/h3-6,8,10-12,17-19H,7,9H2,1-2H3,(H,25,27)/t11-,12-,17-,18-,19+/m0/s1. The van der Waals surface area contributed by atoms with E-state index in [2.05, 4.69) is 5.32 Å². The molecule has 1 aliphatic heterocycles. The zero-order valence-corrected chi connectivity index (χ0v) is 18.5. The van der Waals surface area contributed by atoms with Crippen LogP contribution < -0.4 is 5.32 Å². The summed E-state index contributed by atoms with van der Waals surface area (Å²) in [5.74, 6) is -3.07. The molecule has 1 heterocycles. The Balaban J connectivity index is 1.42. The molecular weight excluding hydrogens is 443 g/mol. The van der Waals surface area contributed by atoms with Crippen LogP contribution in [0, 0.1) is 29.6 Å². The summed E-state index contributed by atoms with van der Waals surface area (Å²) in [4.78, 5) is 52.2. The molecule has 2 aliphatic carbocycles. The van der Waals surface area contributed by atoms with Crippen molar-refractivity contribution < 1.29 is 23.9 Å². The van der Waals surface area contributed by atoms with E-state index in [1.165, 1.54) is 12.1 Å². The molecule has 1 saturated carbocycles. The van der Waals surface area contributed by atoms with E-state index in [0.29, 0.717) is 10.7 Å². The quantitative estimate of drug-likeness (QED) is 0.396. The number of ether oxygens (including phenoxy) is 1. The lowest BCUT2D eigenvalue weighted by Gasteiger charge is -2.28. The summed E-state index contributed by atoms with van der Waals surface area (Å²) >= 11 is 11.9. The first-order valence-corrected chi connectivity index (χ1v) is 10.9. The van der Waals surface area contributed by atoms with Crippen LogP contribution in [0.15, 0.2) is 30.4 Å². The van der Waals surface area contributed by atoms with E-state index in [-0.39, 0.29) is 34.6 Å². The Hall–Kier alpha value is -2.38. The minimum atomic E-state index is -1.07. The lowest BCUT2D eigenvalue weighted by molar-refractivity contribution is -0.162. The molecule has 0 spiro atoms. The molecule has 2 fully saturated rings. The van der Waals surface area contributed by atoms with E-state index >= 15 is 0 Å². The van der Waals surface area contributed by atoms with Crippen molar-refractivity contribution in [1.82, 2.24) is 4.90 Å². The van der Waals surface area contributed by atoms with E-state index in [1.54, 1.807) is 19.9 Å². The van der Waals surface area contributed by atoms with Crippen LogP contribution in [0.2, 0.25) is 10.0 Å². The number of hydrogen-bond acceptors (Lipinski definition) is 5. The van der Waals surface area contributed by atoms with Gasteiger partial charge in [0.25, 0.3) is 5.91 Å². The lowest BCUT2D eigenvalue weighted by Crippen LogP contribution is -2.50. The third-order valence-corrected chi connectivity index (χ3v) is 6.75. The van der Waals surface area contributed by atoms with E-state index in [9.17, 15) is 19.2 Å². The minimum absolute atomic E-state index is 0.0511. The predicted molar refractivity (Wildman–Crippen MR) is 114 cm³/mol. The molecule has 31 heavy (non-hydrogen) atoms. The van der Waals surface area contributed by atoms with Crippen molar-refractivity contribution >= 4 is 52.6 Å². The first kappa shape index (κ1) is 21.8. The van der Waals surface area contributed by atoms with E-state index < -0.39 is 36.4 Å². The number of esters is 1. The maximum atomic E-state index is 13.0. The van der Waals surface area contributed by atoms with Crippen LogP contribution in [-0.2, 0) is 23.9 Å². The maximum absolute atomic E-state index is 13.0. The van der Waals surface area contributed by atoms with Gasteiger partial charge in [0, 0.05) is 5.02 Å². The molecule has 4 rings (SSSR count). The number of likely N-dealkylation sites (tertiary alicyclic amines) is 1. The van der Waals surface area contributed by atoms with Crippen LogP contribution in [-0.4, -0.2) is 41.2 Å². The van der Waals surface area contributed by atoms with Crippen LogP contribution in [0.4, 0.5) is 5.69 Å². The fraction of sp³-hybridized carbons (Fsp3) is 0.455. The highest BCUT2D eigenvalue weighted by atomic mass is 35.5. The number of hydrogen-bond donors (Lipinski definition) is 1. The Bertz CT molecular complexity index is 962. The van der Waals surface area contributed by atoms with Gasteiger partial charge < -0.3 is 10.1 Å². The maximum Gasteiger partial charge on any atom is 0.330 e. The van der Waals surface area contributed by atoms with Gasteiger partial charge in [-0.3, -0.25) is 19.3 Å². The Labute approximate surface area is 189 Å². The Morgan fingerprint density at radius 1 is 1.13 bits per heavy atom. The predicted octanol–water partition coefficient (Wildman–Crippen LogP) is 3.31. The molecule has 2 bridgehead atoms. The molecule has 0 aromatic heterocycles. The number of rotatable bonds is 6. The normalized spacial score (nSPS) is 27.1. The topological polar surface area (TPSA) is 92.8 Å². The van der Waals surface area contributed by atoms with Crippen LogP contribution in [0.25, 0.3) is 0 Å². The van der Waals surface area contributed by atoms with Crippen molar-refractivity contribution in [2.75, 3.05) is 11.9 Å². The van der Waals surface area contributed by atoms with Crippen molar-refractivity contribution in [1.29, 1.82) is 0 Å². The Morgan fingerprint density at radius 2 is 1.74 bits per heavy atom. The van der Waals surface area contributed by atoms with Gasteiger partial charge in [-0.25, -0.2) is 4.79 Å². The Kier molecular flexibility index (Phi) is 5.83. The highest BCUT2D eigenvalue weighted by Gasteiger charge is 2.61. The Morgan fingerprint density at radius 3 is 2.29 bits per heavy atom. The average molecular weight is 465 g/mol. The number of carbonyl (C=O) groups is 4. The number of anilines is 1. The van der Waals surface area contributed by atoms with Crippen molar-refractivity contribution in [2.24, 2.45) is 29.6 Å². The highest BCUT2D eigenvalue weighted by molar-refractivity contribution is 6.36. The summed E-state index contributed by atoms with van der Waals surface area (Å²) in [6.07, 6.45) is 4.80. The van der Waals surface area contributed by atoms with Crippen LogP contribution in [0.1, 0.15) is 20.3 Å². The second kappa shape index (κ2) is 8.28. The smallest absolute Gasteiger partial charge is 0.330 e. The van der Waals surface area contributed by atoms with Gasteiger partial charge in [0.1, 0.15) is 6.04 Å². The second-order valence-electron chi connectivity index (χ2n) is 8.52. The molecule has 3 aliphatic rings. The number of fused-ring (bicyclic) bond motifs is 5. The number of amides is 3. The van der Waals surface area contributed by atoms with Crippen LogP contribution in [0.3, 0.4) is 0 Å². The molecule has 0 unspecified atom stereocenters. The van der Waals surface area contributed by atoms with E-state index in [0.717, 1.165) is 11.3 Å². The fourth-order valence-electron chi connectivity index (χ4n) is 4.87. The number of imide groups is 1. The SMILES string of the molecule is CC(C)[C@H](C(=O)OCC(=O)Nc1ccc(Cl)cc1Cl)N1C(=O)[C@@H]2[C@@H](C1=O)[C@H]1C=C[C@H]2C1. The van der Waals surface area contributed by atoms with Gasteiger partial charge in [-0.15, -0.1) is 0 Å². The summed E-state index contributed by atoms with van der Waals surface area (Å²) < 4.78 is 5.18. The van der Waals surface area contributed by atoms with E-state index in [1.807, 2.05) is 12.2 Å². The number of halogens is 2. The summed E-state index contributed by atoms with van der Waals surface area (Å²) in [7, 11) is 0. The largest absolute Gasteiger partial charge is 0.454 e. The molecule has 7 nitrogen and oxygen atoms in total. The summed E-state index contributed by atoms with van der Waals surface area (Å²) in [5.41, 5.74) is 0.327. The molecule has 1 aromatic rings.